The van der Waals surface area contributed by atoms with Gasteiger partial charge in [0, 0.05) is 55.4 Å². The molecule has 1 aliphatic carbocycles. The Morgan fingerprint density at radius 2 is 1.97 bits per heavy atom. The Morgan fingerprint density at radius 1 is 1.22 bits per heavy atom. The highest BCUT2D eigenvalue weighted by Gasteiger charge is 2.26. The Bertz CT molecular complexity index is 1300. The summed E-state index contributed by atoms with van der Waals surface area (Å²) >= 11 is 0. The number of aromatic nitrogens is 2. The molecule has 9 heteroatoms. The number of nitrogens with one attached hydrogen (secondary N) is 2. The number of rotatable bonds is 5. The van der Waals surface area contributed by atoms with Gasteiger partial charge in [0.25, 0.3) is 5.56 Å². The van der Waals surface area contributed by atoms with E-state index in [1.807, 2.05) is 19.2 Å². The molecule has 0 unspecified atom stereocenters. The highest BCUT2D eigenvalue weighted by molar-refractivity contribution is 5.93. The second kappa shape index (κ2) is 8.16. The molecule has 168 valence electrons. The summed E-state index contributed by atoms with van der Waals surface area (Å²) in [5.41, 5.74) is 3.35. The Morgan fingerprint density at radius 3 is 2.66 bits per heavy atom. The number of likely N-dealkylation sites (N-methyl/N-ethyl adjacent to an activating group) is 1. The third kappa shape index (κ3) is 3.64. The highest BCUT2D eigenvalue weighted by Crippen LogP contribution is 2.38. The van der Waals surface area contributed by atoms with Crippen molar-refractivity contribution in [2.24, 2.45) is 7.05 Å². The van der Waals surface area contributed by atoms with Crippen molar-refractivity contribution < 1.29 is 19.8 Å². The number of fused-ring (bicyclic) bond motifs is 4. The van der Waals surface area contributed by atoms with Crippen molar-refractivity contribution >= 4 is 22.8 Å². The molecule has 4 N–H and O–H groups in total. The number of benzene rings is 1. The Labute approximate surface area is 184 Å². The lowest BCUT2D eigenvalue weighted by molar-refractivity contribution is -0.127. The van der Waals surface area contributed by atoms with E-state index in [0.29, 0.717) is 24.2 Å². The molecule has 0 fully saturated rings. The molecule has 0 bridgehead atoms. The first kappa shape index (κ1) is 21.6. The van der Waals surface area contributed by atoms with E-state index < -0.39 is 22.8 Å². The van der Waals surface area contributed by atoms with Gasteiger partial charge in [0.2, 0.25) is 5.91 Å². The predicted molar refractivity (Wildman–Crippen MR) is 120 cm³/mol. The van der Waals surface area contributed by atoms with Gasteiger partial charge in [0.1, 0.15) is 5.75 Å². The third-order valence-electron chi connectivity index (χ3n) is 6.09. The summed E-state index contributed by atoms with van der Waals surface area (Å²) < 4.78 is 2.07. The van der Waals surface area contributed by atoms with Crippen LogP contribution in [0.1, 0.15) is 33.6 Å². The molecule has 2 heterocycles. The first-order valence-electron chi connectivity index (χ1n) is 10.4. The molecular weight excluding hydrogens is 412 g/mol. The second-order valence-electron chi connectivity index (χ2n) is 8.34. The maximum atomic E-state index is 12.4. The number of carbonyl (C=O) groups is 2. The smallest absolute Gasteiger partial charge is 0.345 e. The fraction of sp³-hybridized carbons (Fsp3) is 0.348. The van der Waals surface area contributed by atoms with E-state index in [2.05, 4.69) is 20.9 Å². The molecule has 2 aromatic heterocycles. The lowest BCUT2D eigenvalue weighted by Gasteiger charge is -2.13. The Balaban J connectivity index is 1.77. The van der Waals surface area contributed by atoms with Crippen LogP contribution in [0.15, 0.2) is 23.0 Å². The van der Waals surface area contributed by atoms with E-state index >= 15 is 0 Å². The number of amides is 1. The van der Waals surface area contributed by atoms with E-state index in [9.17, 15) is 24.6 Å². The predicted octanol–water partition coefficient (Wildman–Crippen LogP) is 1.60. The van der Waals surface area contributed by atoms with Crippen LogP contribution >= 0.6 is 0 Å². The Hall–Kier alpha value is -3.59. The molecule has 1 aliphatic rings. The van der Waals surface area contributed by atoms with Crippen LogP contribution in [0.3, 0.4) is 0 Å². The molecule has 32 heavy (non-hydrogen) atoms. The lowest BCUT2D eigenvalue weighted by Crippen LogP contribution is -2.32. The number of carboxylic acids is 1. The summed E-state index contributed by atoms with van der Waals surface area (Å²) in [5, 5.41) is 24.0. The van der Waals surface area contributed by atoms with Crippen molar-refractivity contribution in [3.63, 3.8) is 0 Å². The van der Waals surface area contributed by atoms with Crippen LogP contribution in [0.2, 0.25) is 0 Å². The molecular formula is C23H26N4O5. The standard InChI is InChI=1S/C23H26N4O5/c1-26(2)18(28)11-24-10-14-7-13-8-16-12(9-17(13)27(14)3)5-4-6-15-20(16)25-22(30)19(21(15)29)23(31)32/h7-9,24H,4-6,10-11H2,1-3H3,(H,31,32)(H2,25,29,30). The number of aromatic hydroxyl groups is 1. The summed E-state index contributed by atoms with van der Waals surface area (Å²) in [6.07, 6.45) is 1.92. The summed E-state index contributed by atoms with van der Waals surface area (Å²) in [6.45, 7) is 0.760. The van der Waals surface area contributed by atoms with Gasteiger partial charge in [-0.15, -0.1) is 0 Å². The van der Waals surface area contributed by atoms with Gasteiger partial charge in [-0.05, 0) is 43.0 Å². The molecule has 9 nitrogen and oxygen atoms in total. The molecule has 3 aromatic rings. The topological polar surface area (TPSA) is 128 Å². The summed E-state index contributed by atoms with van der Waals surface area (Å²) in [6, 6.07) is 6.07. The molecule has 0 aliphatic heterocycles. The van der Waals surface area contributed by atoms with Crippen molar-refractivity contribution in [2.45, 2.75) is 25.8 Å². The van der Waals surface area contributed by atoms with E-state index in [1.165, 1.54) is 4.90 Å². The molecule has 0 saturated heterocycles. The van der Waals surface area contributed by atoms with Gasteiger partial charge in [-0.25, -0.2) is 4.79 Å². The van der Waals surface area contributed by atoms with Gasteiger partial charge in [-0.3, -0.25) is 9.59 Å². The number of H-pyrrole nitrogens is 1. The fourth-order valence-corrected chi connectivity index (χ4v) is 4.31. The minimum absolute atomic E-state index is 0.00317. The van der Waals surface area contributed by atoms with Crippen LogP contribution in [0.4, 0.5) is 0 Å². The Kier molecular flexibility index (Phi) is 5.52. The summed E-state index contributed by atoms with van der Waals surface area (Å²) in [7, 11) is 5.40. The molecule has 0 atom stereocenters. The minimum Gasteiger partial charge on any atom is -0.506 e. The van der Waals surface area contributed by atoms with Crippen LogP contribution in [0, 0.1) is 0 Å². The molecule has 0 spiro atoms. The van der Waals surface area contributed by atoms with E-state index in [-0.39, 0.29) is 12.5 Å². The number of pyridine rings is 1. The monoisotopic (exact) mass is 438 g/mol. The van der Waals surface area contributed by atoms with Crippen molar-refractivity contribution in [3.8, 4) is 17.0 Å². The summed E-state index contributed by atoms with van der Waals surface area (Å²) in [5.74, 6) is -1.90. The van der Waals surface area contributed by atoms with Crippen LogP contribution < -0.4 is 10.9 Å². The zero-order valence-corrected chi connectivity index (χ0v) is 18.3. The zero-order valence-electron chi connectivity index (χ0n) is 18.3. The zero-order chi connectivity index (χ0) is 23.2. The SMILES string of the molecule is CN(C)C(=O)CNCc1cc2cc3c(cc2n1C)CCCc1c-3[nH]c(=O)c(C(=O)O)c1O. The van der Waals surface area contributed by atoms with E-state index in [4.69, 9.17) is 0 Å². The van der Waals surface area contributed by atoms with Gasteiger partial charge in [-0.2, -0.15) is 0 Å². The number of hydrogen-bond acceptors (Lipinski definition) is 5. The number of aromatic carboxylic acids is 1. The normalized spacial score (nSPS) is 12.8. The first-order chi connectivity index (χ1) is 15.2. The van der Waals surface area contributed by atoms with Gasteiger partial charge in [-0.1, -0.05) is 0 Å². The number of aromatic amines is 1. The number of aryl methyl sites for hydroxylation is 2. The third-order valence-corrected chi connectivity index (χ3v) is 6.09. The minimum atomic E-state index is -1.44. The van der Waals surface area contributed by atoms with E-state index in [1.54, 1.807) is 14.1 Å². The highest BCUT2D eigenvalue weighted by atomic mass is 16.4. The maximum Gasteiger partial charge on any atom is 0.345 e. The van der Waals surface area contributed by atoms with Crippen LogP contribution in [-0.4, -0.2) is 57.2 Å². The number of hydrogen-bond donors (Lipinski definition) is 4. The van der Waals surface area contributed by atoms with Crippen molar-refractivity contribution in [1.29, 1.82) is 0 Å². The second-order valence-corrected chi connectivity index (χ2v) is 8.34. The maximum absolute atomic E-state index is 12.4. The molecule has 1 aromatic carbocycles. The van der Waals surface area contributed by atoms with Crippen molar-refractivity contribution in [3.05, 3.63) is 50.9 Å². The van der Waals surface area contributed by atoms with E-state index in [0.717, 1.165) is 40.6 Å². The van der Waals surface area contributed by atoms with Crippen molar-refractivity contribution in [1.82, 2.24) is 19.8 Å². The van der Waals surface area contributed by atoms with Crippen LogP contribution in [-0.2, 0) is 31.2 Å². The average molecular weight is 438 g/mol. The number of carboxylic acid groups (broad SMARTS) is 1. The summed E-state index contributed by atoms with van der Waals surface area (Å²) in [4.78, 5) is 39.8. The largest absolute Gasteiger partial charge is 0.506 e. The van der Waals surface area contributed by atoms with Gasteiger partial charge < -0.3 is 30.0 Å². The molecule has 4 rings (SSSR count). The molecule has 0 saturated carbocycles. The van der Waals surface area contributed by atoms with Crippen LogP contribution in [0.5, 0.6) is 5.75 Å². The van der Waals surface area contributed by atoms with Gasteiger partial charge in [0.15, 0.2) is 5.56 Å². The number of nitrogens with zero attached hydrogens (tertiary/aromatic N) is 2. The average Bonchev–Trinajstić information content (AvgIpc) is 2.91. The molecule has 0 radical (unpaired) electrons. The van der Waals surface area contributed by atoms with Crippen molar-refractivity contribution in [2.75, 3.05) is 20.6 Å². The fourth-order valence-electron chi connectivity index (χ4n) is 4.31. The first-order valence-corrected chi connectivity index (χ1v) is 10.4. The lowest BCUT2D eigenvalue weighted by atomic mass is 9.98. The number of carbonyl (C=O) groups excluding carboxylic acids is 1. The van der Waals surface area contributed by atoms with Gasteiger partial charge >= 0.3 is 5.97 Å². The quantitative estimate of drug-likeness (QED) is 0.479. The van der Waals surface area contributed by atoms with Gasteiger partial charge in [0.05, 0.1) is 12.2 Å². The molecule has 1 amide bonds. The van der Waals surface area contributed by atoms with Crippen LogP contribution in [0.25, 0.3) is 22.2 Å².